The van der Waals surface area contributed by atoms with E-state index in [4.69, 9.17) is 4.84 Å². The van der Waals surface area contributed by atoms with Gasteiger partial charge in [-0.2, -0.15) is 0 Å². The van der Waals surface area contributed by atoms with Gasteiger partial charge in [0, 0.05) is 38.4 Å². The van der Waals surface area contributed by atoms with Crippen LogP contribution in [0.15, 0.2) is 30.6 Å². The van der Waals surface area contributed by atoms with Crippen molar-refractivity contribution in [2.75, 3.05) is 44.6 Å². The summed E-state index contributed by atoms with van der Waals surface area (Å²) in [4.78, 5) is 25.5. The van der Waals surface area contributed by atoms with Gasteiger partial charge < -0.3 is 20.1 Å². The van der Waals surface area contributed by atoms with Gasteiger partial charge in [0.25, 0.3) is 5.91 Å². The van der Waals surface area contributed by atoms with E-state index < -0.39 is 11.7 Å². The Balaban J connectivity index is 1.37. The second-order valence-corrected chi connectivity index (χ2v) is 10.3. The van der Waals surface area contributed by atoms with Crippen molar-refractivity contribution in [3.8, 4) is 0 Å². The third kappa shape index (κ3) is 6.31. The summed E-state index contributed by atoms with van der Waals surface area (Å²) in [7, 11) is 2.01. The number of carbonyl (C=O) groups is 1. The van der Waals surface area contributed by atoms with E-state index in [9.17, 15) is 4.79 Å². The standard InChI is InChI=1S/C27H36BFN6O2/c1-18-14-20(28)6-7-22(18)32-25-21(27(36)33-37-16-19-4-5-19)15-23-26(24(25)29)31-17-35(23)11-3-2-10-34-12-8-30-9-13-34/h6-7,14-15,17,19,30,32H,2-5,8-13,16,28H2,1H3,(H,33,36). The van der Waals surface area contributed by atoms with Gasteiger partial charge in [-0.3, -0.25) is 9.63 Å². The van der Waals surface area contributed by atoms with Crippen molar-refractivity contribution in [2.24, 2.45) is 5.92 Å². The molecule has 1 amide bonds. The van der Waals surface area contributed by atoms with E-state index >= 15 is 4.39 Å². The molecule has 1 saturated heterocycles. The molecule has 2 aliphatic rings. The predicted molar refractivity (Wildman–Crippen MR) is 147 cm³/mol. The topological polar surface area (TPSA) is 83.5 Å². The average Bonchev–Trinajstić information content (AvgIpc) is 3.63. The van der Waals surface area contributed by atoms with Crippen LogP contribution >= 0.6 is 0 Å². The summed E-state index contributed by atoms with van der Waals surface area (Å²) < 4.78 is 17.9. The van der Waals surface area contributed by atoms with Crippen LogP contribution in [0.1, 0.15) is 41.6 Å². The van der Waals surface area contributed by atoms with E-state index in [-0.39, 0.29) is 16.8 Å². The van der Waals surface area contributed by atoms with Crippen LogP contribution in [0.4, 0.5) is 15.8 Å². The van der Waals surface area contributed by atoms with Gasteiger partial charge in [-0.05, 0) is 62.8 Å². The van der Waals surface area contributed by atoms with Gasteiger partial charge >= 0.3 is 0 Å². The number of benzene rings is 2. The molecular weight excluding hydrogens is 470 g/mol. The Labute approximate surface area is 218 Å². The van der Waals surface area contributed by atoms with Crippen molar-refractivity contribution >= 4 is 41.6 Å². The number of hydroxylamine groups is 1. The molecule has 1 aromatic heterocycles. The maximum atomic E-state index is 15.9. The molecule has 37 heavy (non-hydrogen) atoms. The van der Waals surface area contributed by atoms with Gasteiger partial charge in [0.2, 0.25) is 0 Å². The lowest BCUT2D eigenvalue weighted by Gasteiger charge is -2.27. The zero-order chi connectivity index (χ0) is 25.8. The number of hydrogen-bond donors (Lipinski definition) is 3. The number of hydrogen-bond acceptors (Lipinski definition) is 6. The van der Waals surface area contributed by atoms with Crippen LogP contribution in [0.5, 0.6) is 0 Å². The first-order valence-electron chi connectivity index (χ1n) is 13.4. The third-order valence-electron chi connectivity index (χ3n) is 7.26. The van der Waals surface area contributed by atoms with Crippen LogP contribution in [-0.4, -0.2) is 67.5 Å². The lowest BCUT2D eigenvalue weighted by atomic mass is 9.94. The summed E-state index contributed by atoms with van der Waals surface area (Å²) in [6, 6.07) is 7.60. The third-order valence-corrected chi connectivity index (χ3v) is 7.26. The Kier molecular flexibility index (Phi) is 8.07. The molecule has 1 saturated carbocycles. The highest BCUT2D eigenvalue weighted by molar-refractivity contribution is 6.32. The first-order valence-corrected chi connectivity index (χ1v) is 13.4. The SMILES string of the molecule is Bc1ccc(Nc2c(C(=O)NOCC3CC3)cc3c(ncn3CCCCN3CCNCC3)c2F)c(C)c1. The molecule has 10 heteroatoms. The van der Waals surface area contributed by atoms with Crippen molar-refractivity contribution in [1.29, 1.82) is 0 Å². The summed E-state index contributed by atoms with van der Waals surface area (Å²) in [6.45, 7) is 8.44. The number of piperazine rings is 1. The number of amides is 1. The number of aryl methyl sites for hydroxylation is 2. The summed E-state index contributed by atoms with van der Waals surface area (Å²) in [5.74, 6) is -0.514. The van der Waals surface area contributed by atoms with Crippen LogP contribution in [0, 0.1) is 18.7 Å². The zero-order valence-corrected chi connectivity index (χ0v) is 21.8. The number of fused-ring (bicyclic) bond motifs is 1. The first-order chi connectivity index (χ1) is 18.0. The second kappa shape index (κ2) is 11.6. The minimum absolute atomic E-state index is 0.107. The van der Waals surface area contributed by atoms with Crippen molar-refractivity contribution in [3.05, 3.63) is 47.5 Å². The smallest absolute Gasteiger partial charge is 0.277 e. The van der Waals surface area contributed by atoms with E-state index in [2.05, 4.69) is 26.0 Å². The van der Waals surface area contributed by atoms with E-state index in [1.54, 1.807) is 12.4 Å². The normalized spacial score (nSPS) is 16.3. The predicted octanol–water partition coefficient (Wildman–Crippen LogP) is 2.24. The van der Waals surface area contributed by atoms with Crippen molar-refractivity contribution < 1.29 is 14.0 Å². The molecule has 2 aromatic carbocycles. The molecule has 0 atom stereocenters. The fourth-order valence-corrected chi connectivity index (χ4v) is 4.84. The van der Waals surface area contributed by atoms with Gasteiger partial charge in [0.05, 0.1) is 29.7 Å². The first kappa shape index (κ1) is 25.7. The summed E-state index contributed by atoms with van der Waals surface area (Å²) in [6.07, 6.45) is 5.90. The number of unbranched alkanes of at least 4 members (excludes halogenated alkanes) is 1. The Morgan fingerprint density at radius 2 is 2.00 bits per heavy atom. The van der Waals surface area contributed by atoms with Gasteiger partial charge in [0.15, 0.2) is 5.82 Å². The molecule has 1 aliphatic heterocycles. The Hall–Kier alpha value is -2.95. The van der Waals surface area contributed by atoms with Crippen molar-refractivity contribution in [3.63, 3.8) is 0 Å². The molecule has 3 N–H and O–H groups in total. The molecule has 0 bridgehead atoms. The zero-order valence-electron chi connectivity index (χ0n) is 21.8. The highest BCUT2D eigenvalue weighted by Crippen LogP contribution is 2.32. The largest absolute Gasteiger partial charge is 0.352 e. The Morgan fingerprint density at radius 3 is 2.76 bits per heavy atom. The fraction of sp³-hybridized carbons (Fsp3) is 0.481. The number of halogens is 1. The lowest BCUT2D eigenvalue weighted by molar-refractivity contribution is 0.0271. The number of nitrogens with one attached hydrogen (secondary N) is 3. The van der Waals surface area contributed by atoms with Crippen molar-refractivity contribution in [1.82, 2.24) is 25.2 Å². The number of imidazole rings is 1. The molecule has 0 spiro atoms. The van der Waals surface area contributed by atoms with E-state index in [0.717, 1.165) is 75.1 Å². The molecule has 8 nitrogen and oxygen atoms in total. The quantitative estimate of drug-likeness (QED) is 0.210. The van der Waals surface area contributed by atoms with Crippen LogP contribution in [-0.2, 0) is 11.4 Å². The van der Waals surface area contributed by atoms with Gasteiger partial charge in [0.1, 0.15) is 13.4 Å². The molecule has 3 aromatic rings. The van der Waals surface area contributed by atoms with E-state index in [0.29, 0.717) is 24.6 Å². The minimum atomic E-state index is -0.538. The second-order valence-electron chi connectivity index (χ2n) is 10.3. The number of rotatable bonds is 11. The average molecular weight is 506 g/mol. The molecule has 0 unspecified atom stereocenters. The van der Waals surface area contributed by atoms with E-state index in [1.165, 1.54) is 0 Å². The minimum Gasteiger partial charge on any atom is -0.352 e. The summed E-state index contributed by atoms with van der Waals surface area (Å²) in [5, 5.41) is 6.54. The van der Waals surface area contributed by atoms with Gasteiger partial charge in [-0.25, -0.2) is 14.9 Å². The molecule has 1 aliphatic carbocycles. The molecule has 2 fully saturated rings. The van der Waals surface area contributed by atoms with Crippen LogP contribution in [0.25, 0.3) is 11.0 Å². The summed E-state index contributed by atoms with van der Waals surface area (Å²) >= 11 is 0. The molecule has 5 rings (SSSR count). The molecule has 0 radical (unpaired) electrons. The fourth-order valence-electron chi connectivity index (χ4n) is 4.84. The number of carbonyl (C=O) groups excluding carboxylic acids is 1. The van der Waals surface area contributed by atoms with Crippen LogP contribution < -0.4 is 21.6 Å². The summed E-state index contributed by atoms with van der Waals surface area (Å²) in [5.41, 5.74) is 6.51. The highest BCUT2D eigenvalue weighted by atomic mass is 19.1. The van der Waals surface area contributed by atoms with Gasteiger partial charge in [-0.1, -0.05) is 17.6 Å². The van der Waals surface area contributed by atoms with Crippen molar-refractivity contribution in [2.45, 2.75) is 39.2 Å². The Bertz CT molecular complexity index is 1260. The number of anilines is 2. The molecular formula is C27H36BFN6O2. The maximum absolute atomic E-state index is 15.9. The highest BCUT2D eigenvalue weighted by Gasteiger charge is 2.25. The molecule has 196 valence electrons. The monoisotopic (exact) mass is 506 g/mol. The number of aromatic nitrogens is 2. The lowest BCUT2D eigenvalue weighted by Crippen LogP contribution is -2.43. The van der Waals surface area contributed by atoms with Gasteiger partial charge in [-0.15, -0.1) is 0 Å². The molecule has 2 heterocycles. The van der Waals surface area contributed by atoms with E-state index in [1.807, 2.05) is 37.5 Å². The van der Waals surface area contributed by atoms with Crippen LogP contribution in [0.3, 0.4) is 0 Å². The number of nitrogens with zero attached hydrogens (tertiary/aromatic N) is 3. The Morgan fingerprint density at radius 1 is 1.22 bits per heavy atom. The van der Waals surface area contributed by atoms with Crippen LogP contribution in [0.2, 0.25) is 0 Å². The maximum Gasteiger partial charge on any atom is 0.277 e.